The van der Waals surface area contributed by atoms with E-state index in [1.807, 2.05) is 0 Å². The van der Waals surface area contributed by atoms with Crippen LogP contribution in [-0.4, -0.2) is 37.7 Å². The molecule has 2 aromatic carbocycles. The number of hydrogen-bond acceptors (Lipinski definition) is 6. The van der Waals surface area contributed by atoms with E-state index in [9.17, 15) is 17.8 Å². The second kappa shape index (κ2) is 14.7. The number of thioether (sulfide) groups is 1. The van der Waals surface area contributed by atoms with E-state index in [0.717, 1.165) is 65.1 Å². The van der Waals surface area contributed by atoms with Crippen molar-refractivity contribution in [2.75, 3.05) is 23.7 Å². The molecule has 0 unspecified atom stereocenters. The third kappa shape index (κ3) is 8.92. The number of aryl methyl sites for hydroxylation is 3. The molecule has 1 amide bonds. The molecule has 42 heavy (non-hydrogen) atoms. The van der Waals surface area contributed by atoms with E-state index in [0.29, 0.717) is 19.4 Å². The zero-order chi connectivity index (χ0) is 30.3. The minimum absolute atomic E-state index is 0.141. The number of thiazole rings is 1. The monoisotopic (exact) mass is 628 g/mol. The van der Waals surface area contributed by atoms with Gasteiger partial charge >= 0.3 is 0 Å². The predicted molar refractivity (Wildman–Crippen MR) is 176 cm³/mol. The van der Waals surface area contributed by atoms with Crippen molar-refractivity contribution in [3.8, 4) is 0 Å². The number of nitrogens with zero attached hydrogens (tertiary/aromatic N) is 2. The molecule has 0 saturated carbocycles. The number of carbonyl (C=O) groups is 1. The molecular formula is C32H42N3O4S3+. The van der Waals surface area contributed by atoms with Gasteiger partial charge in [0, 0.05) is 43.0 Å². The van der Waals surface area contributed by atoms with Gasteiger partial charge in [0.2, 0.25) is 11.4 Å². The van der Waals surface area contributed by atoms with Crippen LogP contribution in [0.4, 0.5) is 5.69 Å². The molecule has 1 aromatic heterocycles. The Morgan fingerprint density at radius 1 is 1.07 bits per heavy atom. The van der Waals surface area contributed by atoms with Crippen molar-refractivity contribution >= 4 is 61.1 Å². The number of allylic oxidation sites excluding steroid dienone is 2. The highest BCUT2D eigenvalue weighted by molar-refractivity contribution is 8.03. The molecule has 4 rings (SSSR count). The smallest absolute Gasteiger partial charge is 0.265 e. The molecule has 0 atom stereocenters. The molecule has 10 heteroatoms. The van der Waals surface area contributed by atoms with Gasteiger partial charge in [-0.3, -0.25) is 9.35 Å². The highest BCUT2D eigenvalue weighted by atomic mass is 32.2. The third-order valence-electron chi connectivity index (χ3n) is 7.12. The lowest BCUT2D eigenvalue weighted by atomic mass is 10.1. The first-order chi connectivity index (χ1) is 20.0. The molecular weight excluding hydrogens is 587 g/mol. The van der Waals surface area contributed by atoms with Gasteiger partial charge in [-0.25, -0.2) is 0 Å². The van der Waals surface area contributed by atoms with Crippen molar-refractivity contribution in [2.24, 2.45) is 0 Å². The summed E-state index contributed by atoms with van der Waals surface area (Å²) in [5.41, 5.74) is 5.78. The van der Waals surface area contributed by atoms with Gasteiger partial charge in [-0.2, -0.15) is 13.0 Å². The Balaban J connectivity index is 1.54. The van der Waals surface area contributed by atoms with Crippen LogP contribution in [-0.2, 0) is 21.5 Å². The Morgan fingerprint density at radius 2 is 1.83 bits per heavy atom. The molecule has 226 valence electrons. The maximum absolute atomic E-state index is 12.0. The topological polar surface area (TPSA) is 90.6 Å². The second-order valence-corrected chi connectivity index (χ2v) is 14.7. The van der Waals surface area contributed by atoms with Crippen molar-refractivity contribution in [3.63, 3.8) is 0 Å². The van der Waals surface area contributed by atoms with E-state index in [1.165, 1.54) is 21.2 Å². The van der Waals surface area contributed by atoms with Crippen LogP contribution in [0.1, 0.15) is 68.5 Å². The summed E-state index contributed by atoms with van der Waals surface area (Å²) in [5, 5.41) is 5.18. The summed E-state index contributed by atoms with van der Waals surface area (Å²) >= 11 is 3.47. The fraction of sp³-hybridized carbons (Fsp3) is 0.438. The fourth-order valence-corrected chi connectivity index (χ4v) is 7.87. The lowest BCUT2D eigenvalue weighted by Crippen LogP contribution is -2.36. The summed E-state index contributed by atoms with van der Waals surface area (Å²) in [4.78, 5) is 15.6. The molecule has 2 N–H and O–H groups in total. The number of fused-ring (bicyclic) bond motifs is 2. The predicted octanol–water partition coefficient (Wildman–Crippen LogP) is 7.03. The summed E-state index contributed by atoms with van der Waals surface area (Å²) in [7, 11) is -4.01. The second-order valence-electron chi connectivity index (χ2n) is 11.0. The highest BCUT2D eigenvalue weighted by Gasteiger charge is 2.25. The zero-order valence-corrected chi connectivity index (χ0v) is 27.4. The summed E-state index contributed by atoms with van der Waals surface area (Å²) in [5.74, 6) is -0.121. The van der Waals surface area contributed by atoms with Gasteiger partial charge in [0.1, 0.15) is 4.70 Å². The summed E-state index contributed by atoms with van der Waals surface area (Å²) in [6.07, 6.45) is 9.15. The van der Waals surface area contributed by atoms with E-state index in [4.69, 9.17) is 0 Å². The molecule has 0 spiro atoms. The summed E-state index contributed by atoms with van der Waals surface area (Å²) < 4.78 is 35.3. The number of anilines is 1. The van der Waals surface area contributed by atoms with Crippen LogP contribution in [0.2, 0.25) is 0 Å². The van der Waals surface area contributed by atoms with E-state index < -0.39 is 10.1 Å². The van der Waals surface area contributed by atoms with Crippen LogP contribution in [0.3, 0.4) is 0 Å². The number of amides is 1. The van der Waals surface area contributed by atoms with Gasteiger partial charge < -0.3 is 10.2 Å². The Bertz CT molecular complexity index is 1590. The van der Waals surface area contributed by atoms with Gasteiger partial charge in [-0.15, -0.1) is 0 Å². The maximum Gasteiger partial charge on any atom is 0.265 e. The van der Waals surface area contributed by atoms with Crippen LogP contribution in [0.15, 0.2) is 58.0 Å². The minimum Gasteiger partial charge on any atom is -0.356 e. The molecule has 2 heterocycles. The van der Waals surface area contributed by atoms with Crippen molar-refractivity contribution in [1.29, 1.82) is 0 Å². The maximum atomic E-state index is 12.0. The number of hydrogen-bond donors (Lipinski definition) is 2. The summed E-state index contributed by atoms with van der Waals surface area (Å²) in [6.45, 7) is 10.5. The van der Waals surface area contributed by atoms with E-state index in [-0.39, 0.29) is 11.7 Å². The Hall–Kier alpha value is -2.66. The Morgan fingerprint density at radius 3 is 2.60 bits per heavy atom. The average molecular weight is 629 g/mol. The van der Waals surface area contributed by atoms with Crippen molar-refractivity contribution in [1.82, 2.24) is 5.32 Å². The van der Waals surface area contributed by atoms with Crippen molar-refractivity contribution in [2.45, 2.75) is 77.7 Å². The third-order valence-corrected chi connectivity index (χ3v) is 10.1. The molecule has 0 fully saturated rings. The highest BCUT2D eigenvalue weighted by Crippen LogP contribution is 2.47. The standard InChI is InChI=1S/C32H41N3O4S3/c1-5-15-33-30(36)10-7-6-8-16-34-26-19-23(2)11-13-28(26)40-31(34)21-25(4)22-32-35(17-9-18-42(37,38)39)27-20-24(3)12-14-29(27)41-32/h11-14,19-22H,5-10,15-18H2,1-4H3,(H-,33,36,37,38,39)/p+1. The molecule has 7 nitrogen and oxygen atoms in total. The summed E-state index contributed by atoms with van der Waals surface area (Å²) in [6, 6.07) is 12.9. The SMILES string of the molecule is CCCNC(=O)CCCCCN1C(=CC(C)=Cc2sc3ccc(C)cc3[n+]2CCCS(=O)(=O)O)Sc2ccc(C)cc21. The number of rotatable bonds is 14. The molecule has 1 aliphatic rings. The van der Waals surface area contributed by atoms with Gasteiger partial charge in [0.15, 0.2) is 6.54 Å². The van der Waals surface area contributed by atoms with Crippen LogP contribution in [0.5, 0.6) is 0 Å². The number of carbonyl (C=O) groups excluding carboxylic acids is 1. The molecule has 3 aromatic rings. The average Bonchev–Trinajstić information content (AvgIpc) is 3.42. The first kappa shape index (κ1) is 32.3. The van der Waals surface area contributed by atoms with Crippen LogP contribution in [0.25, 0.3) is 16.3 Å². The van der Waals surface area contributed by atoms with E-state index >= 15 is 0 Å². The van der Waals surface area contributed by atoms with Gasteiger partial charge in [0.25, 0.3) is 15.1 Å². The number of benzene rings is 2. The quantitative estimate of drug-likeness (QED) is 0.113. The minimum atomic E-state index is -4.01. The molecule has 1 aliphatic heterocycles. The number of nitrogens with one attached hydrogen (secondary N) is 1. The van der Waals surface area contributed by atoms with Gasteiger partial charge in [0.05, 0.1) is 16.5 Å². The Labute approximate surface area is 258 Å². The van der Waals surface area contributed by atoms with E-state index in [1.54, 1.807) is 23.1 Å². The fourth-order valence-electron chi connectivity index (χ4n) is 5.02. The van der Waals surface area contributed by atoms with Gasteiger partial charge in [-0.1, -0.05) is 48.6 Å². The van der Waals surface area contributed by atoms with Crippen LogP contribution in [0, 0.1) is 13.8 Å². The number of unbranched alkanes of at least 4 members (excludes halogenated alkanes) is 2. The first-order valence-electron chi connectivity index (χ1n) is 14.6. The lowest BCUT2D eigenvalue weighted by molar-refractivity contribution is -0.668. The molecule has 0 aliphatic carbocycles. The van der Waals surface area contributed by atoms with Gasteiger partial charge in [-0.05, 0) is 81.0 Å². The van der Waals surface area contributed by atoms with Crippen LogP contribution < -0.4 is 14.8 Å². The number of aromatic nitrogens is 1. The van der Waals surface area contributed by atoms with Crippen molar-refractivity contribution in [3.05, 3.63) is 69.2 Å². The molecule has 0 saturated heterocycles. The van der Waals surface area contributed by atoms with E-state index in [2.05, 4.69) is 91.0 Å². The first-order valence-corrected chi connectivity index (χ1v) is 17.9. The lowest BCUT2D eigenvalue weighted by Gasteiger charge is -2.21. The van der Waals surface area contributed by atoms with Crippen LogP contribution >= 0.6 is 23.1 Å². The molecule has 0 bridgehead atoms. The molecule has 0 radical (unpaired) electrons. The Kier molecular flexibility index (Phi) is 11.3. The van der Waals surface area contributed by atoms with Crippen molar-refractivity contribution < 1.29 is 22.3 Å². The largest absolute Gasteiger partial charge is 0.356 e. The zero-order valence-electron chi connectivity index (χ0n) is 25.0. The normalized spacial score (nSPS) is 14.6.